The van der Waals surface area contributed by atoms with Crippen molar-refractivity contribution in [2.45, 2.75) is 12.7 Å². The van der Waals surface area contributed by atoms with Crippen LogP contribution in [0.1, 0.15) is 33.2 Å². The van der Waals surface area contributed by atoms with E-state index in [1.165, 1.54) is 19.1 Å². The first kappa shape index (κ1) is 16.9. The molecule has 0 bridgehead atoms. The number of sulfone groups is 1. The van der Waals surface area contributed by atoms with Gasteiger partial charge in [-0.2, -0.15) is 0 Å². The van der Waals surface area contributed by atoms with Crippen LogP contribution in [0.3, 0.4) is 0 Å². The van der Waals surface area contributed by atoms with Crippen molar-refractivity contribution >= 4 is 21.6 Å². The summed E-state index contributed by atoms with van der Waals surface area (Å²) in [5.41, 5.74) is 1.46. The minimum Gasteiger partial charge on any atom is -0.423 e. The molecule has 6 heteroatoms. The molecule has 2 aromatic rings. The minimum atomic E-state index is -3.11. The molecule has 120 valence electrons. The number of ether oxygens (including phenoxy) is 1. The highest BCUT2D eigenvalue weighted by atomic mass is 32.2. The average Bonchev–Trinajstić information content (AvgIpc) is 2.46. The van der Waals surface area contributed by atoms with Crippen LogP contribution >= 0.6 is 0 Å². The molecular weight excluding hydrogens is 316 g/mol. The topological polar surface area (TPSA) is 77.5 Å². The molecule has 0 spiro atoms. The highest BCUT2D eigenvalue weighted by Crippen LogP contribution is 2.15. The maximum Gasteiger partial charge on any atom is 0.343 e. The Hall–Kier alpha value is -2.47. The smallest absolute Gasteiger partial charge is 0.343 e. The van der Waals surface area contributed by atoms with E-state index in [1.807, 2.05) is 0 Å². The van der Waals surface area contributed by atoms with Crippen LogP contribution in [0.4, 0.5) is 0 Å². The Morgan fingerprint density at radius 2 is 1.43 bits per heavy atom. The third kappa shape index (κ3) is 5.03. The zero-order valence-electron chi connectivity index (χ0n) is 12.8. The van der Waals surface area contributed by atoms with Gasteiger partial charge in [0.15, 0.2) is 15.6 Å². The van der Waals surface area contributed by atoms with Crippen LogP contribution < -0.4 is 4.74 Å². The molecule has 0 atom stereocenters. The Labute approximate surface area is 134 Å². The van der Waals surface area contributed by atoms with Crippen LogP contribution in [0, 0.1) is 0 Å². The minimum absolute atomic E-state index is 0.0654. The molecule has 0 saturated carbocycles. The SMILES string of the molecule is CC(=O)c1ccc(OC(=O)c2ccc(CS(C)(=O)=O)cc2)cc1. The van der Waals surface area contributed by atoms with Crippen LogP contribution in [0.15, 0.2) is 48.5 Å². The van der Waals surface area contributed by atoms with Gasteiger partial charge in [-0.1, -0.05) is 12.1 Å². The number of esters is 1. The molecule has 0 aliphatic heterocycles. The summed E-state index contributed by atoms with van der Waals surface area (Å²) in [5, 5.41) is 0. The van der Waals surface area contributed by atoms with E-state index in [9.17, 15) is 18.0 Å². The summed E-state index contributed by atoms with van der Waals surface area (Å²) < 4.78 is 27.6. The van der Waals surface area contributed by atoms with Gasteiger partial charge < -0.3 is 4.74 Å². The lowest BCUT2D eigenvalue weighted by molar-refractivity contribution is 0.0734. The second-order valence-corrected chi connectivity index (χ2v) is 7.38. The molecule has 0 saturated heterocycles. The van der Waals surface area contributed by atoms with Crippen molar-refractivity contribution in [3.05, 3.63) is 65.2 Å². The van der Waals surface area contributed by atoms with Crippen LogP contribution in [-0.4, -0.2) is 26.4 Å². The van der Waals surface area contributed by atoms with Crippen molar-refractivity contribution in [2.75, 3.05) is 6.26 Å². The second kappa shape index (κ2) is 6.75. The Bertz CT molecular complexity index is 818. The molecule has 23 heavy (non-hydrogen) atoms. The summed E-state index contributed by atoms with van der Waals surface area (Å²) in [6.45, 7) is 1.46. The third-order valence-corrected chi connectivity index (χ3v) is 3.95. The van der Waals surface area contributed by atoms with E-state index in [1.54, 1.807) is 36.4 Å². The molecule has 0 N–H and O–H groups in total. The number of hydrogen-bond donors (Lipinski definition) is 0. The van der Waals surface area contributed by atoms with Crippen molar-refractivity contribution in [3.8, 4) is 5.75 Å². The van der Waals surface area contributed by atoms with Crippen molar-refractivity contribution < 1.29 is 22.7 Å². The van der Waals surface area contributed by atoms with Crippen molar-refractivity contribution in [3.63, 3.8) is 0 Å². The van der Waals surface area contributed by atoms with Crippen molar-refractivity contribution in [2.24, 2.45) is 0 Å². The van der Waals surface area contributed by atoms with Gasteiger partial charge in [0.1, 0.15) is 5.75 Å². The van der Waals surface area contributed by atoms with Gasteiger partial charge in [0.25, 0.3) is 0 Å². The van der Waals surface area contributed by atoms with Crippen LogP contribution in [-0.2, 0) is 15.6 Å². The summed E-state index contributed by atoms with van der Waals surface area (Å²) in [4.78, 5) is 23.2. The Balaban J connectivity index is 2.07. The van der Waals surface area contributed by atoms with E-state index in [0.29, 0.717) is 22.4 Å². The summed E-state index contributed by atoms with van der Waals surface area (Å²) in [6.07, 6.45) is 1.15. The van der Waals surface area contributed by atoms with E-state index in [0.717, 1.165) is 6.26 Å². The first-order valence-corrected chi connectivity index (χ1v) is 8.90. The molecule has 0 unspecified atom stereocenters. The van der Waals surface area contributed by atoms with E-state index < -0.39 is 15.8 Å². The molecule has 2 rings (SSSR count). The van der Waals surface area contributed by atoms with Crippen LogP contribution in [0.25, 0.3) is 0 Å². The zero-order valence-corrected chi connectivity index (χ0v) is 13.6. The molecule has 0 aliphatic rings. The second-order valence-electron chi connectivity index (χ2n) is 5.24. The lowest BCUT2D eigenvalue weighted by Gasteiger charge is -2.06. The fraction of sp³-hybridized carbons (Fsp3) is 0.176. The standard InChI is InChI=1S/C17H16O5S/c1-12(18)14-7-9-16(10-8-14)22-17(19)15-5-3-13(4-6-15)11-23(2,20)21/h3-10H,11H2,1-2H3. The molecule has 0 aliphatic carbocycles. The first-order chi connectivity index (χ1) is 10.7. The van der Waals surface area contributed by atoms with Crippen LogP contribution in [0.5, 0.6) is 5.75 Å². The van der Waals surface area contributed by atoms with E-state index in [4.69, 9.17) is 4.74 Å². The number of rotatable bonds is 5. The Morgan fingerprint density at radius 3 is 1.91 bits per heavy atom. The fourth-order valence-corrected chi connectivity index (χ4v) is 2.76. The van der Waals surface area contributed by atoms with Crippen molar-refractivity contribution in [1.82, 2.24) is 0 Å². The summed E-state index contributed by atoms with van der Waals surface area (Å²) in [6, 6.07) is 12.5. The van der Waals surface area contributed by atoms with Crippen molar-refractivity contribution in [1.29, 1.82) is 0 Å². The molecular formula is C17H16O5S. The molecule has 0 radical (unpaired) electrons. The zero-order chi connectivity index (χ0) is 17.0. The highest BCUT2D eigenvalue weighted by molar-refractivity contribution is 7.89. The Morgan fingerprint density at radius 1 is 0.913 bits per heavy atom. The number of carbonyl (C=O) groups excluding carboxylic acids is 2. The number of benzene rings is 2. The fourth-order valence-electron chi connectivity index (χ4n) is 1.96. The van der Waals surface area contributed by atoms with Gasteiger partial charge in [0.05, 0.1) is 11.3 Å². The van der Waals surface area contributed by atoms with Gasteiger partial charge in [0, 0.05) is 11.8 Å². The number of hydrogen-bond acceptors (Lipinski definition) is 5. The quantitative estimate of drug-likeness (QED) is 0.478. The molecule has 0 heterocycles. The third-order valence-electron chi connectivity index (χ3n) is 3.09. The first-order valence-electron chi connectivity index (χ1n) is 6.84. The normalized spacial score (nSPS) is 11.0. The lowest BCUT2D eigenvalue weighted by Crippen LogP contribution is -2.09. The largest absolute Gasteiger partial charge is 0.423 e. The summed E-state index contributed by atoms with van der Waals surface area (Å²) in [5.74, 6) is -0.356. The highest BCUT2D eigenvalue weighted by Gasteiger charge is 2.10. The summed E-state index contributed by atoms with van der Waals surface area (Å²) >= 11 is 0. The maximum atomic E-state index is 12.0. The van der Waals surface area contributed by atoms with E-state index in [-0.39, 0.29) is 11.5 Å². The van der Waals surface area contributed by atoms with Gasteiger partial charge >= 0.3 is 5.97 Å². The predicted molar refractivity (Wildman–Crippen MR) is 86.4 cm³/mol. The van der Waals surface area contributed by atoms with E-state index >= 15 is 0 Å². The average molecular weight is 332 g/mol. The predicted octanol–water partition coefficient (Wildman–Crippen LogP) is 2.65. The van der Waals surface area contributed by atoms with Gasteiger partial charge in [0.2, 0.25) is 0 Å². The number of Topliss-reactive ketones (excluding diaryl/α,β-unsaturated/α-hetero) is 1. The van der Waals surface area contributed by atoms with Gasteiger partial charge in [-0.05, 0) is 48.9 Å². The van der Waals surface area contributed by atoms with Gasteiger partial charge in [-0.15, -0.1) is 0 Å². The molecule has 0 fully saturated rings. The molecule has 5 nitrogen and oxygen atoms in total. The van der Waals surface area contributed by atoms with E-state index in [2.05, 4.69) is 0 Å². The van der Waals surface area contributed by atoms with Gasteiger partial charge in [-0.25, -0.2) is 13.2 Å². The number of carbonyl (C=O) groups is 2. The molecule has 0 amide bonds. The Kier molecular flexibility index (Phi) is 4.95. The van der Waals surface area contributed by atoms with Gasteiger partial charge in [-0.3, -0.25) is 4.79 Å². The maximum absolute atomic E-state index is 12.0. The molecule has 0 aromatic heterocycles. The lowest BCUT2D eigenvalue weighted by atomic mass is 10.1. The summed E-state index contributed by atoms with van der Waals surface area (Å²) in [7, 11) is -3.11. The van der Waals surface area contributed by atoms with Crippen LogP contribution in [0.2, 0.25) is 0 Å². The molecule has 2 aromatic carbocycles. The monoisotopic (exact) mass is 332 g/mol. The number of ketones is 1.